The van der Waals surface area contributed by atoms with Crippen molar-refractivity contribution in [3.8, 4) is 0 Å². The molecule has 1 aromatic carbocycles. The zero-order valence-electron chi connectivity index (χ0n) is 14.2. The van der Waals surface area contributed by atoms with Crippen molar-refractivity contribution in [2.45, 2.75) is 20.8 Å². The number of carbonyl (C=O) groups excluding carboxylic acids is 5. The number of benzene rings is 1. The van der Waals surface area contributed by atoms with Crippen molar-refractivity contribution in [1.82, 2.24) is 9.80 Å². The van der Waals surface area contributed by atoms with Crippen LogP contribution in [-0.4, -0.2) is 52.4 Å². The Hall–Kier alpha value is -3.03. The highest BCUT2D eigenvalue weighted by molar-refractivity contribution is 6.45. The maximum atomic E-state index is 12.2. The van der Waals surface area contributed by atoms with Crippen LogP contribution in [0.1, 0.15) is 31.1 Å². The summed E-state index contributed by atoms with van der Waals surface area (Å²) < 4.78 is 0. The smallest absolute Gasteiger partial charge is 0.325 e. The number of nitrogens with zero attached hydrogens (tertiary/aromatic N) is 2. The molecular formula is C17H19N3O5. The van der Waals surface area contributed by atoms with E-state index in [4.69, 9.17) is 0 Å². The van der Waals surface area contributed by atoms with Crippen LogP contribution < -0.4 is 5.32 Å². The number of anilines is 1. The second-order valence-electron chi connectivity index (χ2n) is 6.17. The summed E-state index contributed by atoms with van der Waals surface area (Å²) in [5, 5.41) is 2.52. The molecule has 0 aromatic heterocycles. The summed E-state index contributed by atoms with van der Waals surface area (Å²) in [7, 11) is 0. The molecular weight excluding hydrogens is 326 g/mol. The van der Waals surface area contributed by atoms with Crippen LogP contribution in [0.3, 0.4) is 0 Å². The summed E-state index contributed by atoms with van der Waals surface area (Å²) in [4.78, 5) is 60.7. The van der Waals surface area contributed by atoms with Crippen LogP contribution in [0.25, 0.3) is 0 Å². The normalized spacial score (nSPS) is 14.5. The van der Waals surface area contributed by atoms with Crippen molar-refractivity contribution >= 4 is 35.2 Å². The Morgan fingerprint density at radius 2 is 1.56 bits per heavy atom. The first kappa shape index (κ1) is 18.3. The van der Waals surface area contributed by atoms with Crippen molar-refractivity contribution in [2.24, 2.45) is 5.92 Å². The van der Waals surface area contributed by atoms with Gasteiger partial charge in [0.25, 0.3) is 0 Å². The summed E-state index contributed by atoms with van der Waals surface area (Å²) in [6.45, 7) is 4.62. The van der Waals surface area contributed by atoms with Crippen LogP contribution in [0.15, 0.2) is 24.3 Å². The first-order valence-corrected chi connectivity index (χ1v) is 7.79. The van der Waals surface area contributed by atoms with E-state index in [-0.39, 0.29) is 18.2 Å². The highest BCUT2D eigenvalue weighted by Gasteiger charge is 2.45. The summed E-state index contributed by atoms with van der Waals surface area (Å²) in [6, 6.07) is 5.40. The number of rotatable bonds is 6. The number of urea groups is 1. The molecule has 8 heteroatoms. The fourth-order valence-electron chi connectivity index (χ4n) is 2.35. The van der Waals surface area contributed by atoms with Gasteiger partial charge in [0.2, 0.25) is 5.91 Å². The van der Waals surface area contributed by atoms with E-state index in [1.165, 1.54) is 6.92 Å². The third-order valence-electron chi connectivity index (χ3n) is 3.56. The number of hydrogen-bond donors (Lipinski definition) is 1. The molecule has 0 aliphatic carbocycles. The number of imide groups is 2. The second-order valence-corrected chi connectivity index (χ2v) is 6.17. The minimum atomic E-state index is -1.01. The molecule has 5 amide bonds. The van der Waals surface area contributed by atoms with E-state index in [1.54, 1.807) is 24.3 Å². The average Bonchev–Trinajstić information content (AvgIpc) is 2.73. The number of Topliss-reactive ketones (excluding diaryl/α,β-unsaturated/α-hetero) is 1. The second kappa shape index (κ2) is 7.25. The molecule has 1 aliphatic heterocycles. The van der Waals surface area contributed by atoms with Crippen molar-refractivity contribution in [3.63, 3.8) is 0 Å². The minimum absolute atomic E-state index is 0.00858. The van der Waals surface area contributed by atoms with Gasteiger partial charge in [-0.2, -0.15) is 0 Å². The fourth-order valence-corrected chi connectivity index (χ4v) is 2.35. The van der Waals surface area contributed by atoms with Gasteiger partial charge in [-0.25, -0.2) is 9.69 Å². The van der Waals surface area contributed by atoms with E-state index in [2.05, 4.69) is 5.32 Å². The first-order chi connectivity index (χ1) is 11.7. The molecule has 25 heavy (non-hydrogen) atoms. The SMILES string of the molecule is CC(=O)c1ccc(NC(=O)CN2C(=O)C(=O)N(CC(C)C)C2=O)cc1. The Kier molecular flexibility index (Phi) is 5.31. The molecule has 1 fully saturated rings. The molecule has 0 saturated carbocycles. The highest BCUT2D eigenvalue weighted by atomic mass is 16.2. The van der Waals surface area contributed by atoms with Crippen LogP contribution >= 0.6 is 0 Å². The van der Waals surface area contributed by atoms with E-state index < -0.39 is 30.3 Å². The van der Waals surface area contributed by atoms with Gasteiger partial charge in [-0.05, 0) is 37.1 Å². The molecule has 0 bridgehead atoms. The molecule has 0 spiro atoms. The van der Waals surface area contributed by atoms with E-state index in [9.17, 15) is 24.0 Å². The van der Waals surface area contributed by atoms with Gasteiger partial charge in [0.05, 0.1) is 0 Å². The molecule has 132 valence electrons. The molecule has 1 N–H and O–H groups in total. The highest BCUT2D eigenvalue weighted by Crippen LogP contribution is 2.15. The van der Waals surface area contributed by atoms with Crippen LogP contribution in [0.2, 0.25) is 0 Å². The van der Waals surface area contributed by atoms with Crippen molar-refractivity contribution < 1.29 is 24.0 Å². The molecule has 1 saturated heterocycles. The molecule has 1 heterocycles. The summed E-state index contributed by atoms with van der Waals surface area (Å²) in [6.07, 6.45) is 0. The zero-order chi connectivity index (χ0) is 18.7. The van der Waals surface area contributed by atoms with Crippen LogP contribution in [0, 0.1) is 5.92 Å². The fraction of sp³-hybridized carbons (Fsp3) is 0.353. The topological polar surface area (TPSA) is 104 Å². The van der Waals surface area contributed by atoms with E-state index in [0.29, 0.717) is 16.2 Å². The van der Waals surface area contributed by atoms with Gasteiger partial charge in [-0.1, -0.05) is 13.8 Å². The third-order valence-corrected chi connectivity index (χ3v) is 3.56. The zero-order valence-corrected chi connectivity index (χ0v) is 14.2. The van der Waals surface area contributed by atoms with Gasteiger partial charge in [0.1, 0.15) is 6.54 Å². The average molecular weight is 345 g/mol. The number of carbonyl (C=O) groups is 5. The molecule has 0 radical (unpaired) electrons. The van der Waals surface area contributed by atoms with E-state index in [1.807, 2.05) is 13.8 Å². The number of nitrogens with one attached hydrogen (secondary N) is 1. The Bertz CT molecular complexity index is 739. The lowest BCUT2D eigenvalue weighted by molar-refractivity contribution is -0.143. The number of ketones is 1. The quantitative estimate of drug-likeness (QED) is 0.475. The molecule has 0 atom stereocenters. The lowest BCUT2D eigenvalue weighted by atomic mass is 10.1. The summed E-state index contributed by atoms with van der Waals surface area (Å²) in [5.41, 5.74) is 0.914. The molecule has 1 aromatic rings. The number of hydrogen-bond acceptors (Lipinski definition) is 5. The van der Waals surface area contributed by atoms with Crippen LogP contribution in [-0.2, 0) is 14.4 Å². The van der Waals surface area contributed by atoms with Crippen LogP contribution in [0.4, 0.5) is 10.5 Å². The standard InChI is InChI=1S/C17H19N3O5/c1-10(2)8-19-15(23)16(24)20(17(19)25)9-14(22)18-13-6-4-12(5-7-13)11(3)21/h4-7,10H,8-9H2,1-3H3,(H,18,22). The van der Waals surface area contributed by atoms with Crippen LogP contribution in [0.5, 0.6) is 0 Å². The molecule has 8 nitrogen and oxygen atoms in total. The predicted molar refractivity (Wildman–Crippen MR) is 88.7 cm³/mol. The van der Waals surface area contributed by atoms with Gasteiger partial charge >= 0.3 is 17.8 Å². The lowest BCUT2D eigenvalue weighted by Gasteiger charge is -2.16. The largest absolute Gasteiger partial charge is 0.334 e. The minimum Gasteiger partial charge on any atom is -0.325 e. The van der Waals surface area contributed by atoms with E-state index in [0.717, 1.165) is 4.90 Å². The Morgan fingerprint density at radius 1 is 1.00 bits per heavy atom. The summed E-state index contributed by atoms with van der Waals surface area (Å²) in [5.74, 6) is -2.63. The van der Waals surface area contributed by atoms with E-state index >= 15 is 0 Å². The van der Waals surface area contributed by atoms with Gasteiger partial charge in [-0.15, -0.1) is 0 Å². The Morgan fingerprint density at radius 3 is 2.08 bits per heavy atom. The first-order valence-electron chi connectivity index (χ1n) is 7.79. The molecule has 1 aliphatic rings. The number of amides is 5. The van der Waals surface area contributed by atoms with Gasteiger partial charge in [0, 0.05) is 17.8 Å². The van der Waals surface area contributed by atoms with Gasteiger partial charge < -0.3 is 5.32 Å². The molecule has 2 rings (SSSR count). The Balaban J connectivity index is 2.02. The summed E-state index contributed by atoms with van der Waals surface area (Å²) >= 11 is 0. The van der Waals surface area contributed by atoms with Gasteiger partial charge in [0.15, 0.2) is 5.78 Å². The monoisotopic (exact) mass is 345 g/mol. The predicted octanol–water partition coefficient (Wildman–Crippen LogP) is 1.27. The van der Waals surface area contributed by atoms with Crippen molar-refractivity contribution in [2.75, 3.05) is 18.4 Å². The molecule has 0 unspecified atom stereocenters. The Labute approximate surface area is 144 Å². The van der Waals surface area contributed by atoms with Crippen molar-refractivity contribution in [1.29, 1.82) is 0 Å². The third kappa shape index (κ3) is 4.09. The maximum absolute atomic E-state index is 12.2. The lowest BCUT2D eigenvalue weighted by Crippen LogP contribution is -2.39. The van der Waals surface area contributed by atoms with Gasteiger partial charge in [-0.3, -0.25) is 24.1 Å². The van der Waals surface area contributed by atoms with Crippen molar-refractivity contribution in [3.05, 3.63) is 29.8 Å². The maximum Gasteiger partial charge on any atom is 0.334 e.